The van der Waals surface area contributed by atoms with Gasteiger partial charge in [-0.15, -0.1) is 0 Å². The standard InChI is InChI=1S/C19H23N5O2/c1-13-5-3-4-10-23(13)12-15-11-17(25)24-19(20-15)21-18(22-24)14-6-8-16(26-2)9-7-14/h6-9,11,13H,3-5,10,12H2,1-2H3,(H,20,21,22)/t13-/m1/s1. The minimum absolute atomic E-state index is 0.137. The zero-order chi connectivity index (χ0) is 18.1. The quantitative estimate of drug-likeness (QED) is 0.780. The van der Waals surface area contributed by atoms with E-state index in [9.17, 15) is 4.79 Å². The Morgan fingerprint density at radius 2 is 2.04 bits per heavy atom. The summed E-state index contributed by atoms with van der Waals surface area (Å²) < 4.78 is 6.57. The number of H-pyrrole nitrogens is 1. The fourth-order valence-corrected chi connectivity index (χ4v) is 3.49. The first-order chi connectivity index (χ1) is 12.6. The van der Waals surface area contributed by atoms with E-state index in [0.29, 0.717) is 24.2 Å². The molecule has 0 amide bonds. The summed E-state index contributed by atoms with van der Waals surface area (Å²) in [6.07, 6.45) is 3.68. The van der Waals surface area contributed by atoms with Gasteiger partial charge in [0.2, 0.25) is 0 Å². The Bertz CT molecular complexity index is 960. The van der Waals surface area contributed by atoms with E-state index < -0.39 is 0 Å². The van der Waals surface area contributed by atoms with Gasteiger partial charge in [0, 0.05) is 24.2 Å². The summed E-state index contributed by atoms with van der Waals surface area (Å²) >= 11 is 0. The van der Waals surface area contributed by atoms with Gasteiger partial charge in [0.1, 0.15) is 5.75 Å². The molecule has 2 aromatic heterocycles. The zero-order valence-corrected chi connectivity index (χ0v) is 15.1. The fourth-order valence-electron chi connectivity index (χ4n) is 3.49. The van der Waals surface area contributed by atoms with Crippen LogP contribution in [-0.2, 0) is 6.54 Å². The molecule has 4 rings (SSSR count). The van der Waals surface area contributed by atoms with Crippen LogP contribution in [0.25, 0.3) is 17.2 Å². The molecular weight excluding hydrogens is 330 g/mol. The second-order valence-corrected chi connectivity index (χ2v) is 6.84. The Morgan fingerprint density at radius 3 is 2.77 bits per heavy atom. The Balaban J connectivity index is 1.65. The van der Waals surface area contributed by atoms with Crippen LogP contribution >= 0.6 is 0 Å². The van der Waals surface area contributed by atoms with Gasteiger partial charge < -0.3 is 4.74 Å². The molecule has 1 aliphatic heterocycles. The molecule has 7 heteroatoms. The van der Waals surface area contributed by atoms with E-state index in [1.165, 1.54) is 23.8 Å². The van der Waals surface area contributed by atoms with Crippen LogP contribution in [0.3, 0.4) is 0 Å². The molecule has 1 N–H and O–H groups in total. The van der Waals surface area contributed by atoms with E-state index >= 15 is 0 Å². The lowest BCUT2D eigenvalue weighted by Crippen LogP contribution is -2.37. The first-order valence-corrected chi connectivity index (χ1v) is 9.01. The third-order valence-corrected chi connectivity index (χ3v) is 5.05. The molecule has 7 nitrogen and oxygen atoms in total. The number of benzene rings is 1. The van der Waals surface area contributed by atoms with Crippen molar-refractivity contribution in [1.29, 1.82) is 0 Å². The Morgan fingerprint density at radius 1 is 1.23 bits per heavy atom. The lowest BCUT2D eigenvalue weighted by molar-refractivity contribution is 0.151. The van der Waals surface area contributed by atoms with Gasteiger partial charge in [-0.25, -0.2) is 4.98 Å². The van der Waals surface area contributed by atoms with Crippen molar-refractivity contribution in [2.24, 2.45) is 0 Å². The molecule has 1 aliphatic rings. The third-order valence-electron chi connectivity index (χ3n) is 5.05. The van der Waals surface area contributed by atoms with Crippen molar-refractivity contribution in [2.45, 2.75) is 38.8 Å². The van der Waals surface area contributed by atoms with Crippen molar-refractivity contribution < 1.29 is 4.74 Å². The molecule has 1 saturated heterocycles. The number of methoxy groups -OCH3 is 1. The molecule has 26 heavy (non-hydrogen) atoms. The molecule has 0 unspecified atom stereocenters. The molecule has 0 bridgehead atoms. The summed E-state index contributed by atoms with van der Waals surface area (Å²) in [6.45, 7) is 3.98. The van der Waals surface area contributed by atoms with Crippen LogP contribution in [-0.4, -0.2) is 44.2 Å². The summed E-state index contributed by atoms with van der Waals surface area (Å²) in [5.41, 5.74) is 1.51. The summed E-state index contributed by atoms with van der Waals surface area (Å²) in [6, 6.07) is 9.65. The first-order valence-electron chi connectivity index (χ1n) is 9.01. The number of aromatic amines is 1. The summed E-state index contributed by atoms with van der Waals surface area (Å²) in [5, 5.41) is 3.03. The number of piperidine rings is 1. The number of aromatic nitrogens is 4. The molecule has 0 spiro atoms. The van der Waals surface area contributed by atoms with Gasteiger partial charge in [0.25, 0.3) is 11.3 Å². The van der Waals surface area contributed by atoms with Gasteiger partial charge in [-0.1, -0.05) is 6.42 Å². The molecule has 3 aromatic rings. The minimum Gasteiger partial charge on any atom is -0.497 e. The Labute approximate surface area is 151 Å². The number of ether oxygens (including phenoxy) is 1. The van der Waals surface area contributed by atoms with Gasteiger partial charge >= 0.3 is 0 Å². The smallest absolute Gasteiger partial charge is 0.274 e. The van der Waals surface area contributed by atoms with Crippen LogP contribution in [0, 0.1) is 0 Å². The maximum absolute atomic E-state index is 12.5. The fraction of sp³-hybridized carbons (Fsp3) is 0.421. The number of nitrogens with one attached hydrogen (secondary N) is 1. The molecule has 1 aromatic carbocycles. The number of nitrogens with zero attached hydrogens (tertiary/aromatic N) is 4. The van der Waals surface area contributed by atoms with E-state index in [2.05, 4.69) is 26.9 Å². The van der Waals surface area contributed by atoms with E-state index in [1.54, 1.807) is 13.2 Å². The molecule has 0 radical (unpaired) electrons. The average Bonchev–Trinajstić information content (AvgIpc) is 3.08. The third kappa shape index (κ3) is 3.22. The van der Waals surface area contributed by atoms with Crippen LogP contribution in [0.4, 0.5) is 0 Å². The highest BCUT2D eigenvalue weighted by molar-refractivity contribution is 5.58. The van der Waals surface area contributed by atoms with Crippen molar-refractivity contribution in [1.82, 2.24) is 24.5 Å². The summed E-state index contributed by atoms with van der Waals surface area (Å²) in [5.74, 6) is 1.79. The predicted molar refractivity (Wildman–Crippen MR) is 99.3 cm³/mol. The number of rotatable bonds is 4. The van der Waals surface area contributed by atoms with Gasteiger partial charge in [0.05, 0.1) is 12.8 Å². The lowest BCUT2D eigenvalue weighted by Gasteiger charge is -2.32. The number of hydrogen-bond acceptors (Lipinski definition) is 5. The van der Waals surface area contributed by atoms with Crippen LogP contribution in [0.15, 0.2) is 35.1 Å². The lowest BCUT2D eigenvalue weighted by atomic mass is 10.0. The van der Waals surface area contributed by atoms with Crippen molar-refractivity contribution in [2.75, 3.05) is 13.7 Å². The predicted octanol–water partition coefficient (Wildman–Crippen LogP) is 2.47. The van der Waals surface area contributed by atoms with E-state index in [0.717, 1.165) is 23.6 Å². The second kappa shape index (κ2) is 6.92. The Hall–Kier alpha value is -2.67. The van der Waals surface area contributed by atoms with E-state index in [1.807, 2.05) is 24.3 Å². The van der Waals surface area contributed by atoms with Crippen molar-refractivity contribution in [3.8, 4) is 17.1 Å². The Kier molecular flexibility index (Phi) is 4.46. The monoisotopic (exact) mass is 353 g/mol. The van der Waals surface area contributed by atoms with Crippen molar-refractivity contribution in [3.05, 3.63) is 46.4 Å². The highest BCUT2D eigenvalue weighted by Crippen LogP contribution is 2.20. The molecule has 3 heterocycles. The SMILES string of the molecule is COc1ccc(-c2nc3nc(CN4CCCC[C@H]4C)cc(=O)n3[nH]2)cc1. The summed E-state index contributed by atoms with van der Waals surface area (Å²) in [7, 11) is 1.63. The van der Waals surface area contributed by atoms with Crippen LogP contribution < -0.4 is 10.3 Å². The minimum atomic E-state index is -0.137. The largest absolute Gasteiger partial charge is 0.497 e. The molecule has 0 aliphatic carbocycles. The number of likely N-dealkylation sites (tertiary alicyclic amines) is 1. The van der Waals surface area contributed by atoms with Crippen molar-refractivity contribution in [3.63, 3.8) is 0 Å². The van der Waals surface area contributed by atoms with E-state index in [4.69, 9.17) is 4.74 Å². The molecule has 1 atom stereocenters. The topological polar surface area (TPSA) is 75.5 Å². The van der Waals surface area contributed by atoms with Crippen molar-refractivity contribution >= 4 is 5.78 Å². The maximum Gasteiger partial charge on any atom is 0.274 e. The highest BCUT2D eigenvalue weighted by atomic mass is 16.5. The molecule has 1 fully saturated rings. The van der Waals surface area contributed by atoms with Crippen LogP contribution in [0.2, 0.25) is 0 Å². The highest BCUT2D eigenvalue weighted by Gasteiger charge is 2.19. The number of hydrogen-bond donors (Lipinski definition) is 1. The summed E-state index contributed by atoms with van der Waals surface area (Å²) in [4.78, 5) is 24.0. The molecule has 0 saturated carbocycles. The van der Waals surface area contributed by atoms with Gasteiger partial charge in [-0.05, 0) is 50.6 Å². The second-order valence-electron chi connectivity index (χ2n) is 6.84. The van der Waals surface area contributed by atoms with Crippen LogP contribution in [0.5, 0.6) is 5.75 Å². The maximum atomic E-state index is 12.5. The molecular formula is C19H23N5O2. The zero-order valence-electron chi connectivity index (χ0n) is 15.1. The molecule has 136 valence electrons. The normalized spacial score (nSPS) is 18.3. The average molecular weight is 353 g/mol. The van der Waals surface area contributed by atoms with Gasteiger partial charge in [-0.3, -0.25) is 14.8 Å². The van der Waals surface area contributed by atoms with Crippen LogP contribution in [0.1, 0.15) is 31.9 Å². The van der Waals surface area contributed by atoms with E-state index in [-0.39, 0.29) is 5.56 Å². The van der Waals surface area contributed by atoms with Gasteiger partial charge in [0.15, 0.2) is 5.82 Å². The van der Waals surface area contributed by atoms with Gasteiger partial charge in [-0.2, -0.15) is 9.50 Å². The first kappa shape index (κ1) is 16.8. The number of fused-ring (bicyclic) bond motifs is 1.